The number of rotatable bonds is 3. The van der Waals surface area contributed by atoms with Crippen LogP contribution in [0.25, 0.3) is 0 Å². The molecule has 94 valence electrons. The number of alkyl halides is 1. The summed E-state index contributed by atoms with van der Waals surface area (Å²) in [6.07, 6.45) is -0.0259. The van der Waals surface area contributed by atoms with Crippen LogP contribution >= 0.6 is 11.6 Å². The standard InChI is InChI=1S/C12H14ClF2NO/c13-6-10-8-16(4-5-17-10)7-9-2-1-3-11(14)12(9)15/h1-3,10H,4-8H2. The van der Waals surface area contributed by atoms with E-state index in [0.29, 0.717) is 37.7 Å². The van der Waals surface area contributed by atoms with Crippen molar-refractivity contribution < 1.29 is 13.5 Å². The summed E-state index contributed by atoms with van der Waals surface area (Å²) in [5.74, 6) is -1.15. The topological polar surface area (TPSA) is 12.5 Å². The van der Waals surface area contributed by atoms with Gasteiger partial charge >= 0.3 is 0 Å². The Labute approximate surface area is 104 Å². The van der Waals surface area contributed by atoms with E-state index < -0.39 is 11.6 Å². The molecule has 2 rings (SSSR count). The van der Waals surface area contributed by atoms with Gasteiger partial charge in [0.15, 0.2) is 11.6 Å². The SMILES string of the molecule is Fc1cccc(CN2CCOC(CCl)C2)c1F. The van der Waals surface area contributed by atoms with Crippen LogP contribution in [0, 0.1) is 11.6 Å². The molecule has 0 N–H and O–H groups in total. The Hall–Kier alpha value is -0.710. The van der Waals surface area contributed by atoms with Gasteiger partial charge in [-0.05, 0) is 6.07 Å². The Morgan fingerprint density at radius 2 is 2.24 bits per heavy atom. The summed E-state index contributed by atoms with van der Waals surface area (Å²) < 4.78 is 31.9. The van der Waals surface area contributed by atoms with E-state index in [1.807, 2.05) is 4.90 Å². The fourth-order valence-corrected chi connectivity index (χ4v) is 2.12. The van der Waals surface area contributed by atoms with E-state index >= 15 is 0 Å². The van der Waals surface area contributed by atoms with E-state index in [-0.39, 0.29) is 6.10 Å². The molecule has 17 heavy (non-hydrogen) atoms. The highest BCUT2D eigenvalue weighted by molar-refractivity contribution is 6.18. The van der Waals surface area contributed by atoms with Crippen molar-refractivity contribution in [2.24, 2.45) is 0 Å². The number of benzene rings is 1. The number of ether oxygens (including phenoxy) is 1. The molecule has 1 atom stereocenters. The molecule has 1 aliphatic rings. The second-order valence-electron chi connectivity index (χ2n) is 4.10. The van der Waals surface area contributed by atoms with Crippen molar-refractivity contribution in [3.8, 4) is 0 Å². The highest BCUT2D eigenvalue weighted by atomic mass is 35.5. The molecule has 1 saturated heterocycles. The lowest BCUT2D eigenvalue weighted by atomic mass is 10.1. The molecule has 2 nitrogen and oxygen atoms in total. The summed E-state index contributed by atoms with van der Waals surface area (Å²) in [5, 5.41) is 0. The minimum Gasteiger partial charge on any atom is -0.374 e. The Balaban J connectivity index is 2.02. The zero-order valence-electron chi connectivity index (χ0n) is 9.33. The molecule has 1 unspecified atom stereocenters. The van der Waals surface area contributed by atoms with Crippen molar-refractivity contribution in [2.75, 3.05) is 25.6 Å². The van der Waals surface area contributed by atoms with Gasteiger partial charge in [0.25, 0.3) is 0 Å². The first-order chi connectivity index (χ1) is 8.20. The third-order valence-electron chi connectivity index (χ3n) is 2.82. The molecule has 0 aromatic heterocycles. The van der Waals surface area contributed by atoms with Gasteiger partial charge in [-0.2, -0.15) is 0 Å². The first kappa shape index (κ1) is 12.7. The highest BCUT2D eigenvalue weighted by Crippen LogP contribution is 2.16. The Morgan fingerprint density at radius 1 is 1.41 bits per heavy atom. The number of hydrogen-bond acceptors (Lipinski definition) is 2. The van der Waals surface area contributed by atoms with Gasteiger partial charge in [0.05, 0.1) is 12.7 Å². The molecule has 0 radical (unpaired) electrons. The summed E-state index contributed by atoms with van der Waals surface area (Å²) in [7, 11) is 0. The van der Waals surface area contributed by atoms with E-state index in [2.05, 4.69) is 0 Å². The van der Waals surface area contributed by atoms with Crippen molar-refractivity contribution in [3.05, 3.63) is 35.4 Å². The normalized spacial score (nSPS) is 21.7. The van der Waals surface area contributed by atoms with Crippen molar-refractivity contribution in [1.29, 1.82) is 0 Å². The van der Waals surface area contributed by atoms with Crippen LogP contribution in [-0.4, -0.2) is 36.6 Å². The monoisotopic (exact) mass is 261 g/mol. The molecule has 1 aromatic carbocycles. The highest BCUT2D eigenvalue weighted by Gasteiger charge is 2.21. The molecule has 1 heterocycles. The van der Waals surface area contributed by atoms with Gasteiger partial charge < -0.3 is 4.74 Å². The summed E-state index contributed by atoms with van der Waals surface area (Å²) in [6, 6.07) is 4.25. The lowest BCUT2D eigenvalue weighted by Gasteiger charge is -2.32. The average molecular weight is 262 g/mol. The quantitative estimate of drug-likeness (QED) is 0.775. The third kappa shape index (κ3) is 3.15. The van der Waals surface area contributed by atoms with Crippen LogP contribution < -0.4 is 0 Å². The molecule has 0 aliphatic carbocycles. The average Bonchev–Trinajstić information content (AvgIpc) is 2.35. The van der Waals surface area contributed by atoms with E-state index in [1.165, 1.54) is 6.07 Å². The van der Waals surface area contributed by atoms with Crippen LogP contribution in [0.1, 0.15) is 5.56 Å². The number of morpholine rings is 1. The molecule has 5 heteroatoms. The van der Waals surface area contributed by atoms with Crippen LogP contribution in [0.2, 0.25) is 0 Å². The fraction of sp³-hybridized carbons (Fsp3) is 0.500. The van der Waals surface area contributed by atoms with Gasteiger partial charge in [-0.1, -0.05) is 12.1 Å². The first-order valence-electron chi connectivity index (χ1n) is 5.53. The van der Waals surface area contributed by atoms with Gasteiger partial charge in [-0.3, -0.25) is 4.90 Å². The van der Waals surface area contributed by atoms with Crippen LogP contribution in [0.3, 0.4) is 0 Å². The van der Waals surface area contributed by atoms with Crippen molar-refractivity contribution >= 4 is 11.6 Å². The largest absolute Gasteiger partial charge is 0.374 e. The van der Waals surface area contributed by atoms with Gasteiger partial charge in [0.1, 0.15) is 0 Å². The summed E-state index contributed by atoms with van der Waals surface area (Å²) in [6.45, 7) is 2.33. The molecule has 1 aliphatic heterocycles. The van der Waals surface area contributed by atoms with Gasteiger partial charge in [-0.25, -0.2) is 8.78 Å². The number of hydrogen-bond donors (Lipinski definition) is 0. The minimum absolute atomic E-state index is 0.0259. The van der Waals surface area contributed by atoms with Crippen LogP contribution in [0.15, 0.2) is 18.2 Å². The third-order valence-corrected chi connectivity index (χ3v) is 3.16. The molecule has 0 amide bonds. The van der Waals surface area contributed by atoms with E-state index in [1.54, 1.807) is 6.07 Å². The smallest absolute Gasteiger partial charge is 0.163 e. The Kier molecular flexibility index (Phi) is 4.31. The van der Waals surface area contributed by atoms with Crippen LogP contribution in [0.4, 0.5) is 8.78 Å². The lowest BCUT2D eigenvalue weighted by molar-refractivity contribution is -0.0197. The summed E-state index contributed by atoms with van der Waals surface area (Å²) >= 11 is 5.72. The maximum absolute atomic E-state index is 13.5. The van der Waals surface area contributed by atoms with Gasteiger partial charge in [-0.15, -0.1) is 11.6 Å². The summed E-state index contributed by atoms with van der Waals surface area (Å²) in [5.41, 5.74) is 0.375. The van der Waals surface area contributed by atoms with Crippen molar-refractivity contribution in [2.45, 2.75) is 12.6 Å². The number of nitrogens with zero attached hydrogens (tertiary/aromatic N) is 1. The fourth-order valence-electron chi connectivity index (χ4n) is 1.93. The zero-order valence-corrected chi connectivity index (χ0v) is 10.1. The van der Waals surface area contributed by atoms with E-state index in [0.717, 1.165) is 6.07 Å². The predicted octanol–water partition coefficient (Wildman–Crippen LogP) is 2.40. The molecule has 0 saturated carbocycles. The van der Waals surface area contributed by atoms with Gasteiger partial charge in [0.2, 0.25) is 0 Å². The second-order valence-corrected chi connectivity index (χ2v) is 4.40. The van der Waals surface area contributed by atoms with Crippen LogP contribution in [-0.2, 0) is 11.3 Å². The molecule has 1 fully saturated rings. The lowest BCUT2D eigenvalue weighted by Crippen LogP contribution is -2.42. The zero-order chi connectivity index (χ0) is 12.3. The maximum atomic E-state index is 13.5. The van der Waals surface area contributed by atoms with Crippen molar-refractivity contribution in [3.63, 3.8) is 0 Å². The minimum atomic E-state index is -0.801. The van der Waals surface area contributed by atoms with Crippen LogP contribution in [0.5, 0.6) is 0 Å². The maximum Gasteiger partial charge on any atom is 0.163 e. The number of halogens is 3. The first-order valence-corrected chi connectivity index (χ1v) is 6.07. The van der Waals surface area contributed by atoms with E-state index in [4.69, 9.17) is 16.3 Å². The van der Waals surface area contributed by atoms with Gasteiger partial charge in [0, 0.05) is 31.1 Å². The molecular weight excluding hydrogens is 248 g/mol. The molecule has 0 bridgehead atoms. The predicted molar refractivity (Wildman–Crippen MR) is 62.1 cm³/mol. The molecule has 1 aromatic rings. The Morgan fingerprint density at radius 3 is 3.00 bits per heavy atom. The second kappa shape index (κ2) is 5.76. The summed E-state index contributed by atoms with van der Waals surface area (Å²) in [4.78, 5) is 2.02. The molecule has 0 spiro atoms. The Bertz CT molecular complexity index is 389. The molecular formula is C12H14ClF2NO. The van der Waals surface area contributed by atoms with E-state index in [9.17, 15) is 8.78 Å². The van der Waals surface area contributed by atoms with Crippen molar-refractivity contribution in [1.82, 2.24) is 4.90 Å².